The second-order valence-corrected chi connectivity index (χ2v) is 4.68. The molecule has 1 unspecified atom stereocenters. The quantitative estimate of drug-likeness (QED) is 0.860. The first-order valence-electron chi connectivity index (χ1n) is 6.72. The van der Waals surface area contributed by atoms with Gasteiger partial charge in [0.15, 0.2) is 0 Å². The van der Waals surface area contributed by atoms with E-state index in [0.29, 0.717) is 11.3 Å². The van der Waals surface area contributed by atoms with Crippen molar-refractivity contribution < 1.29 is 13.9 Å². The van der Waals surface area contributed by atoms with Gasteiger partial charge in [0.25, 0.3) is 0 Å². The number of aromatic nitrogens is 2. The third kappa shape index (κ3) is 3.39. The molecule has 0 spiro atoms. The summed E-state index contributed by atoms with van der Waals surface area (Å²) in [4.78, 5) is 11.7. The van der Waals surface area contributed by atoms with Gasteiger partial charge in [-0.05, 0) is 32.0 Å². The number of hydrogen-bond acceptors (Lipinski definition) is 4. The van der Waals surface area contributed by atoms with Gasteiger partial charge in [0.05, 0.1) is 30.6 Å². The molecule has 6 heteroatoms. The van der Waals surface area contributed by atoms with Gasteiger partial charge in [-0.2, -0.15) is 5.10 Å². The summed E-state index contributed by atoms with van der Waals surface area (Å²) in [7, 11) is 1.30. The topological polar surface area (TPSA) is 56.2 Å². The molecule has 21 heavy (non-hydrogen) atoms. The Morgan fingerprint density at radius 3 is 2.90 bits per heavy atom. The van der Waals surface area contributed by atoms with Gasteiger partial charge < -0.3 is 10.1 Å². The summed E-state index contributed by atoms with van der Waals surface area (Å²) in [6.45, 7) is 4.69. The molecule has 5 nitrogen and oxygen atoms in total. The summed E-state index contributed by atoms with van der Waals surface area (Å²) in [6, 6.07) is 3.81. The van der Waals surface area contributed by atoms with Crippen molar-refractivity contribution in [3.63, 3.8) is 0 Å². The number of ether oxygens (including phenoxy) is 1. The molecule has 0 aliphatic rings. The number of methoxy groups -OCH3 is 1. The monoisotopic (exact) mass is 291 g/mol. The minimum atomic E-state index is -0.506. The number of halogens is 1. The van der Waals surface area contributed by atoms with E-state index in [9.17, 15) is 9.18 Å². The fraction of sp³-hybridized carbons (Fsp3) is 0.333. The number of carbonyl (C=O) groups excluding carboxylic acids is 1. The standard InChI is InChI=1S/C15H18FN3O2/c1-4-19-9-11(8-17-19)10(2)18-14-7-12(16)5-6-13(14)15(20)21-3/h5-10,18H,4H2,1-3H3. The van der Waals surface area contributed by atoms with Crippen molar-refractivity contribution >= 4 is 11.7 Å². The zero-order chi connectivity index (χ0) is 15.4. The average Bonchev–Trinajstić information content (AvgIpc) is 2.95. The fourth-order valence-corrected chi connectivity index (χ4v) is 2.02. The number of benzene rings is 1. The van der Waals surface area contributed by atoms with Crippen LogP contribution in [0.2, 0.25) is 0 Å². The third-order valence-corrected chi connectivity index (χ3v) is 3.24. The summed E-state index contributed by atoms with van der Waals surface area (Å²) in [5, 5.41) is 7.33. The molecule has 0 aliphatic heterocycles. The largest absolute Gasteiger partial charge is 0.465 e. The molecule has 0 fully saturated rings. The van der Waals surface area contributed by atoms with E-state index >= 15 is 0 Å². The summed E-state index contributed by atoms with van der Waals surface area (Å²) < 4.78 is 19.9. The van der Waals surface area contributed by atoms with E-state index in [4.69, 9.17) is 4.74 Å². The number of hydrogen-bond donors (Lipinski definition) is 1. The second-order valence-electron chi connectivity index (χ2n) is 4.68. The Bertz CT molecular complexity index is 640. The van der Waals surface area contributed by atoms with Crippen molar-refractivity contribution in [2.24, 2.45) is 0 Å². The molecule has 112 valence electrons. The Morgan fingerprint density at radius 1 is 1.52 bits per heavy atom. The molecule has 1 aromatic heterocycles. The van der Waals surface area contributed by atoms with Crippen LogP contribution >= 0.6 is 0 Å². The van der Waals surface area contributed by atoms with Gasteiger partial charge in [-0.3, -0.25) is 4.68 Å². The number of anilines is 1. The van der Waals surface area contributed by atoms with Crippen LogP contribution in [0.25, 0.3) is 0 Å². The normalized spacial score (nSPS) is 12.0. The molecule has 1 aromatic carbocycles. The molecule has 0 saturated heterocycles. The minimum Gasteiger partial charge on any atom is -0.465 e. The molecule has 0 radical (unpaired) electrons. The van der Waals surface area contributed by atoms with E-state index in [2.05, 4.69) is 10.4 Å². The van der Waals surface area contributed by atoms with Crippen LogP contribution in [0.1, 0.15) is 35.8 Å². The predicted molar refractivity (Wildman–Crippen MR) is 77.7 cm³/mol. The van der Waals surface area contributed by atoms with Gasteiger partial charge in [0.1, 0.15) is 5.82 Å². The van der Waals surface area contributed by atoms with Crippen molar-refractivity contribution in [1.82, 2.24) is 9.78 Å². The van der Waals surface area contributed by atoms with Gasteiger partial charge >= 0.3 is 5.97 Å². The molecule has 1 atom stereocenters. The predicted octanol–water partition coefficient (Wildman–Crippen LogP) is 3.00. The lowest BCUT2D eigenvalue weighted by Gasteiger charge is -2.16. The van der Waals surface area contributed by atoms with Crippen LogP contribution in [0.15, 0.2) is 30.6 Å². The molecular formula is C15H18FN3O2. The van der Waals surface area contributed by atoms with Crippen LogP contribution in [-0.4, -0.2) is 22.9 Å². The Hall–Kier alpha value is -2.37. The molecule has 2 aromatic rings. The van der Waals surface area contributed by atoms with Crippen LogP contribution in [0.3, 0.4) is 0 Å². The Balaban J connectivity index is 2.25. The Labute approximate surface area is 122 Å². The van der Waals surface area contributed by atoms with Crippen LogP contribution < -0.4 is 5.32 Å². The van der Waals surface area contributed by atoms with E-state index in [1.807, 2.05) is 20.0 Å². The van der Waals surface area contributed by atoms with E-state index in [-0.39, 0.29) is 6.04 Å². The van der Waals surface area contributed by atoms with Gasteiger partial charge in [-0.15, -0.1) is 0 Å². The van der Waals surface area contributed by atoms with Crippen LogP contribution in [0.5, 0.6) is 0 Å². The van der Waals surface area contributed by atoms with Crippen molar-refractivity contribution in [3.8, 4) is 0 Å². The SMILES string of the molecule is CCn1cc(C(C)Nc2cc(F)ccc2C(=O)OC)cn1. The molecule has 1 heterocycles. The molecular weight excluding hydrogens is 273 g/mol. The van der Waals surface area contributed by atoms with Gasteiger partial charge in [0, 0.05) is 18.3 Å². The first-order valence-corrected chi connectivity index (χ1v) is 6.72. The first-order chi connectivity index (χ1) is 10.0. The molecule has 2 rings (SSSR count). The van der Waals surface area contributed by atoms with Gasteiger partial charge in [0.2, 0.25) is 0 Å². The van der Waals surface area contributed by atoms with Crippen molar-refractivity contribution in [3.05, 3.63) is 47.5 Å². The maximum Gasteiger partial charge on any atom is 0.339 e. The van der Waals surface area contributed by atoms with Crippen molar-refractivity contribution in [2.45, 2.75) is 26.4 Å². The highest BCUT2D eigenvalue weighted by Crippen LogP contribution is 2.24. The summed E-state index contributed by atoms with van der Waals surface area (Å²) in [5.41, 5.74) is 1.66. The number of rotatable bonds is 5. The minimum absolute atomic E-state index is 0.115. The van der Waals surface area contributed by atoms with E-state index < -0.39 is 11.8 Å². The first kappa shape index (κ1) is 15.0. The lowest BCUT2D eigenvalue weighted by atomic mass is 10.1. The Kier molecular flexibility index (Phi) is 4.57. The molecule has 1 N–H and O–H groups in total. The zero-order valence-electron chi connectivity index (χ0n) is 12.3. The number of nitrogens with one attached hydrogen (secondary N) is 1. The number of nitrogens with zero attached hydrogens (tertiary/aromatic N) is 2. The lowest BCUT2D eigenvalue weighted by molar-refractivity contribution is 0.0601. The molecule has 0 bridgehead atoms. The highest BCUT2D eigenvalue weighted by Gasteiger charge is 2.16. The van der Waals surface area contributed by atoms with Crippen molar-refractivity contribution in [1.29, 1.82) is 0 Å². The number of aryl methyl sites for hydroxylation is 1. The van der Waals surface area contributed by atoms with Crippen LogP contribution in [0.4, 0.5) is 10.1 Å². The molecule has 0 aliphatic carbocycles. The highest BCUT2D eigenvalue weighted by molar-refractivity contribution is 5.95. The lowest BCUT2D eigenvalue weighted by Crippen LogP contribution is -2.11. The Morgan fingerprint density at radius 2 is 2.29 bits per heavy atom. The average molecular weight is 291 g/mol. The molecule has 0 saturated carbocycles. The third-order valence-electron chi connectivity index (χ3n) is 3.24. The zero-order valence-corrected chi connectivity index (χ0v) is 12.3. The maximum atomic E-state index is 13.4. The highest BCUT2D eigenvalue weighted by atomic mass is 19.1. The number of esters is 1. The van der Waals surface area contributed by atoms with Gasteiger partial charge in [-0.1, -0.05) is 0 Å². The fourth-order valence-electron chi connectivity index (χ4n) is 2.02. The summed E-state index contributed by atoms with van der Waals surface area (Å²) in [5.74, 6) is -0.921. The number of carbonyl (C=O) groups is 1. The smallest absolute Gasteiger partial charge is 0.339 e. The van der Waals surface area contributed by atoms with Crippen LogP contribution in [-0.2, 0) is 11.3 Å². The molecule has 0 amide bonds. The summed E-state index contributed by atoms with van der Waals surface area (Å²) in [6.07, 6.45) is 3.66. The maximum absolute atomic E-state index is 13.4. The summed E-state index contributed by atoms with van der Waals surface area (Å²) >= 11 is 0. The van der Waals surface area contributed by atoms with Crippen molar-refractivity contribution in [2.75, 3.05) is 12.4 Å². The van der Waals surface area contributed by atoms with E-state index in [1.165, 1.54) is 25.3 Å². The second kappa shape index (κ2) is 6.39. The van der Waals surface area contributed by atoms with E-state index in [0.717, 1.165) is 12.1 Å². The van der Waals surface area contributed by atoms with E-state index in [1.54, 1.807) is 10.9 Å². The van der Waals surface area contributed by atoms with Crippen LogP contribution in [0, 0.1) is 5.82 Å². The van der Waals surface area contributed by atoms with Gasteiger partial charge in [-0.25, -0.2) is 9.18 Å².